The number of ether oxygens (including phenoxy) is 1. The van der Waals surface area contributed by atoms with Crippen LogP contribution in [0.3, 0.4) is 0 Å². The number of hydrogen-bond acceptors (Lipinski definition) is 4. The van der Waals surface area contributed by atoms with Gasteiger partial charge in [-0.3, -0.25) is 9.69 Å². The highest BCUT2D eigenvalue weighted by molar-refractivity contribution is 7.12. The van der Waals surface area contributed by atoms with E-state index in [1.54, 1.807) is 18.4 Å². The van der Waals surface area contributed by atoms with Gasteiger partial charge in [0, 0.05) is 32.8 Å². The number of nitrogens with zero attached hydrogens (tertiary/aromatic N) is 2. The molecule has 2 aliphatic heterocycles. The van der Waals surface area contributed by atoms with Gasteiger partial charge in [-0.25, -0.2) is 0 Å². The molecule has 0 bridgehead atoms. The summed E-state index contributed by atoms with van der Waals surface area (Å²) in [6.45, 7) is 4.91. The van der Waals surface area contributed by atoms with Crippen LogP contribution in [0.2, 0.25) is 0 Å². The number of methoxy groups -OCH3 is 1. The van der Waals surface area contributed by atoms with Crippen molar-refractivity contribution in [3.63, 3.8) is 0 Å². The molecule has 0 aromatic carbocycles. The van der Waals surface area contributed by atoms with E-state index in [1.165, 1.54) is 25.8 Å². The van der Waals surface area contributed by atoms with Gasteiger partial charge in [0.15, 0.2) is 0 Å². The normalized spacial score (nSPS) is 24.0. The van der Waals surface area contributed by atoms with Crippen LogP contribution in [0.5, 0.6) is 0 Å². The van der Waals surface area contributed by atoms with E-state index >= 15 is 0 Å². The second-order valence-corrected chi connectivity index (χ2v) is 7.65. The van der Waals surface area contributed by atoms with Gasteiger partial charge in [-0.2, -0.15) is 0 Å². The van der Waals surface area contributed by atoms with Crippen LogP contribution in [-0.2, 0) is 4.74 Å². The monoisotopic (exact) mass is 336 g/mol. The molecule has 1 aromatic heterocycles. The van der Waals surface area contributed by atoms with Crippen LogP contribution in [0.25, 0.3) is 0 Å². The number of piperidine rings is 2. The molecule has 0 spiro atoms. The minimum Gasteiger partial charge on any atom is -0.383 e. The summed E-state index contributed by atoms with van der Waals surface area (Å²) < 4.78 is 5.28. The van der Waals surface area contributed by atoms with Gasteiger partial charge in [0.25, 0.3) is 5.91 Å². The number of amides is 1. The second-order valence-electron chi connectivity index (χ2n) is 6.70. The van der Waals surface area contributed by atoms with E-state index in [0.29, 0.717) is 6.04 Å². The maximum Gasteiger partial charge on any atom is 0.263 e. The predicted molar refractivity (Wildman–Crippen MR) is 94.0 cm³/mol. The van der Waals surface area contributed by atoms with Crippen molar-refractivity contribution in [2.75, 3.05) is 39.9 Å². The molecule has 2 fully saturated rings. The Kier molecular flexibility index (Phi) is 6.08. The van der Waals surface area contributed by atoms with E-state index in [-0.39, 0.29) is 5.91 Å². The molecule has 0 radical (unpaired) electrons. The maximum atomic E-state index is 12.5. The minimum atomic E-state index is 0.221. The first-order chi connectivity index (χ1) is 11.3. The van der Waals surface area contributed by atoms with E-state index in [1.807, 2.05) is 22.4 Å². The molecule has 23 heavy (non-hydrogen) atoms. The Bertz CT molecular complexity index is 483. The number of likely N-dealkylation sites (tertiary alicyclic amines) is 2. The van der Waals surface area contributed by atoms with Crippen LogP contribution in [0, 0.1) is 5.92 Å². The van der Waals surface area contributed by atoms with Crippen molar-refractivity contribution in [2.24, 2.45) is 5.92 Å². The average molecular weight is 337 g/mol. The largest absolute Gasteiger partial charge is 0.383 e. The fourth-order valence-electron chi connectivity index (χ4n) is 4.08. The molecule has 4 nitrogen and oxygen atoms in total. The molecule has 1 amide bonds. The summed E-state index contributed by atoms with van der Waals surface area (Å²) in [6.07, 6.45) is 6.27. The van der Waals surface area contributed by atoms with Crippen LogP contribution < -0.4 is 0 Å². The summed E-state index contributed by atoms with van der Waals surface area (Å²) in [7, 11) is 1.79. The van der Waals surface area contributed by atoms with Crippen LogP contribution >= 0.6 is 11.3 Å². The summed E-state index contributed by atoms with van der Waals surface area (Å²) in [5, 5.41) is 1.98. The highest BCUT2D eigenvalue weighted by Gasteiger charge is 2.33. The second kappa shape index (κ2) is 8.27. The van der Waals surface area contributed by atoms with Crippen molar-refractivity contribution < 1.29 is 9.53 Å². The highest BCUT2D eigenvalue weighted by Crippen LogP contribution is 2.31. The fourth-order valence-corrected chi connectivity index (χ4v) is 4.77. The van der Waals surface area contributed by atoms with E-state index < -0.39 is 0 Å². The fraction of sp³-hybridized carbons (Fsp3) is 0.722. The van der Waals surface area contributed by atoms with Gasteiger partial charge in [-0.15, -0.1) is 11.3 Å². The van der Waals surface area contributed by atoms with Gasteiger partial charge in [0.1, 0.15) is 0 Å². The Balaban J connectivity index is 1.54. The number of carbonyl (C=O) groups excluding carboxylic acids is 1. The van der Waals surface area contributed by atoms with Gasteiger partial charge in [0.2, 0.25) is 0 Å². The lowest BCUT2D eigenvalue weighted by atomic mass is 9.83. The first kappa shape index (κ1) is 16.9. The molecule has 1 unspecified atom stereocenters. The quantitative estimate of drug-likeness (QED) is 0.828. The number of carbonyl (C=O) groups is 1. The lowest BCUT2D eigenvalue weighted by Gasteiger charge is -2.43. The van der Waals surface area contributed by atoms with E-state index in [2.05, 4.69) is 4.90 Å². The number of hydrogen-bond donors (Lipinski definition) is 0. The average Bonchev–Trinajstić information content (AvgIpc) is 3.14. The van der Waals surface area contributed by atoms with Crippen molar-refractivity contribution in [3.8, 4) is 0 Å². The third-order valence-electron chi connectivity index (χ3n) is 5.35. The van der Waals surface area contributed by atoms with E-state index in [9.17, 15) is 4.79 Å². The van der Waals surface area contributed by atoms with Crippen molar-refractivity contribution in [2.45, 2.75) is 38.1 Å². The Morgan fingerprint density at radius 3 is 2.78 bits per heavy atom. The van der Waals surface area contributed by atoms with Crippen molar-refractivity contribution in [1.82, 2.24) is 9.80 Å². The first-order valence-electron chi connectivity index (χ1n) is 8.85. The molecular formula is C18H28N2O2S. The third-order valence-corrected chi connectivity index (χ3v) is 6.21. The molecule has 3 rings (SSSR count). The summed E-state index contributed by atoms with van der Waals surface area (Å²) in [6, 6.07) is 4.59. The maximum absolute atomic E-state index is 12.5. The molecule has 0 saturated carbocycles. The Morgan fingerprint density at radius 1 is 1.26 bits per heavy atom. The zero-order valence-electron chi connectivity index (χ0n) is 14.1. The minimum absolute atomic E-state index is 0.221. The molecule has 2 aliphatic rings. The van der Waals surface area contributed by atoms with Crippen LogP contribution in [0.1, 0.15) is 41.8 Å². The molecule has 128 valence electrons. The molecule has 1 atom stereocenters. The smallest absolute Gasteiger partial charge is 0.263 e. The molecule has 0 aliphatic carbocycles. The zero-order chi connectivity index (χ0) is 16.1. The summed E-state index contributed by atoms with van der Waals surface area (Å²) in [5.74, 6) is 0.956. The van der Waals surface area contributed by atoms with Crippen LogP contribution in [0.4, 0.5) is 0 Å². The molecule has 2 saturated heterocycles. The van der Waals surface area contributed by atoms with Gasteiger partial charge < -0.3 is 9.64 Å². The molecule has 1 aromatic rings. The SMILES string of the molecule is COCCN1CCCCC1C1CCN(C(=O)c2cccs2)CC1. The van der Waals surface area contributed by atoms with Crippen LogP contribution in [-0.4, -0.2) is 61.6 Å². The predicted octanol–water partition coefficient (Wildman–Crippen LogP) is 3.10. The topological polar surface area (TPSA) is 32.8 Å². The third kappa shape index (κ3) is 4.14. The zero-order valence-corrected chi connectivity index (χ0v) is 14.9. The van der Waals surface area contributed by atoms with Crippen molar-refractivity contribution >= 4 is 17.2 Å². The van der Waals surface area contributed by atoms with Crippen molar-refractivity contribution in [3.05, 3.63) is 22.4 Å². The van der Waals surface area contributed by atoms with Gasteiger partial charge >= 0.3 is 0 Å². The molecule has 5 heteroatoms. The lowest BCUT2D eigenvalue weighted by Crippen LogP contribution is -2.49. The molecular weight excluding hydrogens is 308 g/mol. The number of thiophene rings is 1. The summed E-state index contributed by atoms with van der Waals surface area (Å²) in [5.41, 5.74) is 0. The lowest BCUT2D eigenvalue weighted by molar-refractivity contribution is 0.0376. The Hall–Kier alpha value is -0.910. The Labute approximate surface area is 143 Å². The Morgan fingerprint density at radius 2 is 2.09 bits per heavy atom. The van der Waals surface area contributed by atoms with E-state index in [4.69, 9.17) is 4.74 Å². The van der Waals surface area contributed by atoms with Gasteiger partial charge in [0.05, 0.1) is 11.5 Å². The molecule has 0 N–H and O–H groups in total. The van der Waals surface area contributed by atoms with Gasteiger partial charge in [-0.05, 0) is 49.6 Å². The first-order valence-corrected chi connectivity index (χ1v) is 9.73. The van der Waals surface area contributed by atoms with Crippen LogP contribution in [0.15, 0.2) is 17.5 Å². The standard InChI is InChI=1S/C18H28N2O2S/c1-22-13-12-19-9-3-2-5-16(19)15-7-10-20(11-8-15)18(21)17-6-4-14-23-17/h4,6,14-16H,2-3,5,7-13H2,1H3. The van der Waals surface area contributed by atoms with E-state index in [0.717, 1.165) is 49.9 Å². The van der Waals surface area contributed by atoms with Crippen molar-refractivity contribution in [1.29, 1.82) is 0 Å². The van der Waals surface area contributed by atoms with Gasteiger partial charge in [-0.1, -0.05) is 12.5 Å². The summed E-state index contributed by atoms with van der Waals surface area (Å²) in [4.78, 5) is 18.0. The molecule has 3 heterocycles. The number of rotatable bonds is 5. The summed E-state index contributed by atoms with van der Waals surface area (Å²) >= 11 is 1.55. The highest BCUT2D eigenvalue weighted by atomic mass is 32.1.